The summed E-state index contributed by atoms with van der Waals surface area (Å²) in [6.07, 6.45) is 0.785. The van der Waals surface area contributed by atoms with Gasteiger partial charge in [-0.2, -0.15) is 0 Å². The molecular formula is C34H26F2N2O5. The molecule has 9 heteroatoms. The van der Waals surface area contributed by atoms with Crippen LogP contribution in [-0.2, 0) is 9.59 Å². The molecular weight excluding hydrogens is 554 g/mol. The van der Waals surface area contributed by atoms with Gasteiger partial charge in [0.1, 0.15) is 29.2 Å². The number of benzene rings is 4. The highest BCUT2D eigenvalue weighted by Gasteiger charge is 2.32. The lowest BCUT2D eigenvalue weighted by Gasteiger charge is -2.25. The first kappa shape index (κ1) is 27.8. The number of ether oxygens (including phenoxy) is 1. The van der Waals surface area contributed by atoms with Crippen LogP contribution in [0.15, 0.2) is 89.9 Å². The number of aliphatic carboxylic acids is 1. The molecule has 43 heavy (non-hydrogen) atoms. The van der Waals surface area contributed by atoms with Crippen LogP contribution < -0.4 is 15.6 Å². The summed E-state index contributed by atoms with van der Waals surface area (Å²) >= 11 is 0. The Morgan fingerprint density at radius 3 is 2.44 bits per heavy atom. The first-order valence-corrected chi connectivity index (χ1v) is 13.6. The zero-order chi connectivity index (χ0) is 30.4. The highest BCUT2D eigenvalue weighted by molar-refractivity contribution is 5.87. The number of aryl methyl sites for hydroxylation is 2. The fourth-order valence-corrected chi connectivity index (χ4v) is 5.68. The minimum absolute atomic E-state index is 0.0593. The van der Waals surface area contributed by atoms with E-state index in [1.54, 1.807) is 49.4 Å². The molecule has 5 aromatic rings. The topological polar surface area (TPSA) is 97.6 Å². The average Bonchev–Trinajstić information content (AvgIpc) is 2.96. The number of carbonyl (C=O) groups is 2. The van der Waals surface area contributed by atoms with E-state index < -0.39 is 47.6 Å². The lowest BCUT2D eigenvalue weighted by molar-refractivity contribution is -0.137. The van der Waals surface area contributed by atoms with Crippen LogP contribution in [0.3, 0.4) is 0 Å². The third-order valence-electron chi connectivity index (χ3n) is 7.70. The molecule has 0 saturated heterocycles. The summed E-state index contributed by atoms with van der Waals surface area (Å²) in [6, 6.07) is 17.8. The van der Waals surface area contributed by atoms with Crippen LogP contribution in [0.5, 0.6) is 11.5 Å². The van der Waals surface area contributed by atoms with E-state index >= 15 is 8.78 Å². The summed E-state index contributed by atoms with van der Waals surface area (Å²) in [5.41, 5.74) is 1.37. The number of rotatable bonds is 3. The average molecular weight is 581 g/mol. The molecule has 0 radical (unpaired) electrons. The van der Waals surface area contributed by atoms with Gasteiger partial charge in [0.05, 0.1) is 12.5 Å². The van der Waals surface area contributed by atoms with E-state index in [-0.39, 0.29) is 22.4 Å². The normalized spacial score (nSPS) is 16.2. The van der Waals surface area contributed by atoms with Crippen LogP contribution in [0.1, 0.15) is 40.8 Å². The summed E-state index contributed by atoms with van der Waals surface area (Å²) in [7, 11) is 0. The minimum atomic E-state index is -1.58. The maximum Gasteiger partial charge on any atom is 0.305 e. The smallest absolute Gasteiger partial charge is 0.305 e. The Kier molecular flexibility index (Phi) is 7.01. The highest BCUT2D eigenvalue weighted by atomic mass is 19.1. The van der Waals surface area contributed by atoms with E-state index in [2.05, 4.69) is 5.32 Å². The molecule has 1 aliphatic rings. The van der Waals surface area contributed by atoms with Crippen molar-refractivity contribution in [2.75, 3.05) is 0 Å². The van der Waals surface area contributed by atoms with Crippen molar-refractivity contribution in [1.29, 1.82) is 0 Å². The van der Waals surface area contributed by atoms with Crippen LogP contribution in [0, 0.1) is 25.5 Å². The van der Waals surface area contributed by atoms with E-state index in [4.69, 9.17) is 4.74 Å². The summed E-state index contributed by atoms with van der Waals surface area (Å²) in [4.78, 5) is 39.5. The molecule has 0 saturated carbocycles. The Balaban J connectivity index is 1.65. The van der Waals surface area contributed by atoms with Crippen LogP contribution in [0.2, 0.25) is 0 Å². The van der Waals surface area contributed by atoms with E-state index in [0.29, 0.717) is 27.6 Å². The molecule has 7 nitrogen and oxygen atoms in total. The number of carboxylic acids is 1. The molecule has 0 fully saturated rings. The Morgan fingerprint density at radius 2 is 1.67 bits per heavy atom. The van der Waals surface area contributed by atoms with Crippen LogP contribution >= 0.6 is 0 Å². The number of halogens is 2. The van der Waals surface area contributed by atoms with Gasteiger partial charge >= 0.3 is 5.97 Å². The number of carboxylic acid groups (broad SMARTS) is 1. The second-order valence-electron chi connectivity index (χ2n) is 10.6. The predicted octanol–water partition coefficient (Wildman–Crippen LogP) is 6.59. The molecule has 0 spiro atoms. The highest BCUT2D eigenvalue weighted by Crippen LogP contribution is 2.40. The summed E-state index contributed by atoms with van der Waals surface area (Å²) in [5.74, 6) is -3.06. The molecule has 6 rings (SSSR count). The van der Waals surface area contributed by atoms with Gasteiger partial charge in [-0.15, -0.1) is 0 Å². The van der Waals surface area contributed by atoms with E-state index in [1.165, 1.54) is 30.5 Å². The maximum atomic E-state index is 15.7. The molecule has 0 unspecified atom stereocenters. The number of aromatic nitrogens is 1. The minimum Gasteiger partial charge on any atom is -0.481 e. The van der Waals surface area contributed by atoms with Crippen LogP contribution in [0.4, 0.5) is 8.78 Å². The Hall–Kier alpha value is -5.31. The van der Waals surface area contributed by atoms with E-state index in [9.17, 15) is 19.5 Å². The van der Waals surface area contributed by atoms with Crippen molar-refractivity contribution in [3.63, 3.8) is 0 Å². The van der Waals surface area contributed by atoms with Gasteiger partial charge < -0.3 is 15.2 Å². The Bertz CT molecular complexity index is 2000. The number of hydrogen-bond acceptors (Lipinski definition) is 4. The fourth-order valence-electron chi connectivity index (χ4n) is 5.68. The van der Waals surface area contributed by atoms with Crippen molar-refractivity contribution in [2.45, 2.75) is 32.4 Å². The zero-order valence-electron chi connectivity index (χ0n) is 23.2. The third kappa shape index (κ3) is 5.14. The zero-order valence-corrected chi connectivity index (χ0v) is 23.2. The number of pyridine rings is 1. The number of fused-ring (bicyclic) bond motifs is 7. The van der Waals surface area contributed by atoms with Crippen molar-refractivity contribution in [1.82, 2.24) is 9.88 Å². The number of hydrogen-bond donors (Lipinski definition) is 2. The summed E-state index contributed by atoms with van der Waals surface area (Å²) < 4.78 is 38.7. The van der Waals surface area contributed by atoms with Gasteiger partial charge in [-0.25, -0.2) is 8.78 Å². The molecule has 1 amide bonds. The van der Waals surface area contributed by atoms with E-state index in [1.807, 2.05) is 13.0 Å². The van der Waals surface area contributed by atoms with Crippen molar-refractivity contribution >= 4 is 22.6 Å². The molecule has 2 atom stereocenters. The number of amides is 1. The summed E-state index contributed by atoms with van der Waals surface area (Å²) in [6.45, 7) is 3.40. The van der Waals surface area contributed by atoms with Crippen molar-refractivity contribution in [3.8, 4) is 22.6 Å². The second kappa shape index (κ2) is 10.8. The molecule has 4 bridgehead atoms. The largest absolute Gasteiger partial charge is 0.481 e. The van der Waals surface area contributed by atoms with Crippen molar-refractivity contribution in [2.24, 2.45) is 0 Å². The first-order chi connectivity index (χ1) is 20.6. The van der Waals surface area contributed by atoms with Gasteiger partial charge in [0.25, 0.3) is 5.56 Å². The van der Waals surface area contributed by atoms with Gasteiger partial charge in [-0.1, -0.05) is 36.4 Å². The molecule has 2 N–H and O–H groups in total. The van der Waals surface area contributed by atoms with Gasteiger partial charge in [0.15, 0.2) is 0 Å². The van der Waals surface area contributed by atoms with Crippen molar-refractivity contribution in [3.05, 3.63) is 129 Å². The number of nitrogens with one attached hydrogen (secondary N) is 1. The molecule has 2 heterocycles. The number of nitrogens with zero attached hydrogens (tertiary/aromatic N) is 1. The SMILES string of the molecule is Cc1cc2cc(c1F)[C@H](CC(=O)O)NC(=O)[C@H](n1cc3ccccc3cc1=O)c1cc(ccc1F)Oc1cccc(C)c1-2. The lowest BCUT2D eigenvalue weighted by atomic mass is 9.92. The molecule has 0 aliphatic carbocycles. The standard InChI is InChI=1S/C34H26F2N2O5/c1-18-6-5-9-28-31(18)22-12-19(2)32(36)25(13-22)27(16-30(40)41)37-34(42)33(24-15-23(43-28)10-11-26(24)35)38-17-21-8-4-3-7-20(21)14-29(38)39/h3-15,17,27,33H,16H2,1-2H3,(H,37,42)(H,40,41)/t27-,33+/m0/s1. The third-order valence-corrected chi connectivity index (χ3v) is 7.70. The fraction of sp³-hybridized carbons (Fsp3) is 0.147. The quantitative estimate of drug-likeness (QED) is 0.251. The first-order valence-electron chi connectivity index (χ1n) is 13.6. The Labute approximate surface area is 245 Å². The van der Waals surface area contributed by atoms with Gasteiger partial charge in [-0.05, 0) is 77.7 Å². The van der Waals surface area contributed by atoms with Gasteiger partial charge in [0, 0.05) is 29.0 Å². The van der Waals surface area contributed by atoms with Gasteiger partial charge in [-0.3, -0.25) is 19.0 Å². The van der Waals surface area contributed by atoms with Crippen LogP contribution in [0.25, 0.3) is 21.9 Å². The van der Waals surface area contributed by atoms with Crippen LogP contribution in [-0.4, -0.2) is 21.6 Å². The molecule has 4 aromatic carbocycles. The number of carbonyl (C=O) groups excluding carboxylic acids is 1. The molecule has 1 aromatic heterocycles. The van der Waals surface area contributed by atoms with Crippen molar-refractivity contribution < 1.29 is 28.2 Å². The van der Waals surface area contributed by atoms with Gasteiger partial charge in [0.2, 0.25) is 5.91 Å². The maximum absolute atomic E-state index is 15.7. The monoisotopic (exact) mass is 580 g/mol. The molecule has 1 aliphatic heterocycles. The lowest BCUT2D eigenvalue weighted by Crippen LogP contribution is -2.40. The molecule has 216 valence electrons. The second-order valence-corrected chi connectivity index (χ2v) is 10.6. The van der Waals surface area contributed by atoms with E-state index in [0.717, 1.165) is 16.2 Å². The Morgan fingerprint density at radius 1 is 0.907 bits per heavy atom. The summed E-state index contributed by atoms with van der Waals surface area (Å²) in [5, 5.41) is 13.6. The predicted molar refractivity (Wildman–Crippen MR) is 157 cm³/mol.